The molecule has 35 heavy (non-hydrogen) atoms. The maximum Gasteiger partial charge on any atom is 0.411 e. The van der Waals surface area contributed by atoms with Crippen LogP contribution < -0.4 is 5.32 Å². The summed E-state index contributed by atoms with van der Waals surface area (Å²) in [7, 11) is 0. The predicted molar refractivity (Wildman–Crippen MR) is 131 cm³/mol. The van der Waals surface area contributed by atoms with Crippen molar-refractivity contribution < 1.29 is 24.2 Å². The molecular formula is C28H26N2O5. The maximum atomic E-state index is 12.6. The van der Waals surface area contributed by atoms with Gasteiger partial charge in [0.2, 0.25) is 5.91 Å². The molecule has 0 radical (unpaired) electrons. The number of amides is 2. The average molecular weight is 471 g/mol. The number of carbonyl (C=O) groups excluding carboxylic acids is 2. The van der Waals surface area contributed by atoms with Crippen LogP contribution >= 0.6 is 0 Å². The first-order valence-electron chi connectivity index (χ1n) is 11.7. The molecule has 0 saturated carbocycles. The van der Waals surface area contributed by atoms with Crippen molar-refractivity contribution >= 4 is 23.7 Å². The molecule has 2 aliphatic rings. The van der Waals surface area contributed by atoms with E-state index in [0.717, 1.165) is 16.7 Å². The van der Waals surface area contributed by atoms with Gasteiger partial charge in [0.15, 0.2) is 0 Å². The van der Waals surface area contributed by atoms with E-state index in [9.17, 15) is 14.4 Å². The summed E-state index contributed by atoms with van der Waals surface area (Å²) in [6.07, 6.45) is -0.538. The Morgan fingerprint density at radius 2 is 1.51 bits per heavy atom. The van der Waals surface area contributed by atoms with Gasteiger partial charge in [0.25, 0.3) is 0 Å². The lowest BCUT2D eigenvalue weighted by molar-refractivity contribution is -0.153. The number of fused-ring (bicyclic) bond motifs is 3. The number of carbonyl (C=O) groups is 3. The molecule has 0 aromatic heterocycles. The maximum absolute atomic E-state index is 12.6. The van der Waals surface area contributed by atoms with Crippen LogP contribution in [0.4, 0.5) is 10.5 Å². The molecule has 2 amide bonds. The molecule has 3 aromatic carbocycles. The van der Waals surface area contributed by atoms with E-state index in [-0.39, 0.29) is 31.5 Å². The molecule has 1 saturated heterocycles. The number of rotatable bonds is 6. The zero-order valence-corrected chi connectivity index (χ0v) is 19.3. The second-order valence-electron chi connectivity index (χ2n) is 9.07. The van der Waals surface area contributed by atoms with Gasteiger partial charge in [-0.2, -0.15) is 0 Å². The quantitative estimate of drug-likeness (QED) is 0.545. The van der Waals surface area contributed by atoms with E-state index in [1.807, 2.05) is 24.3 Å². The Morgan fingerprint density at radius 3 is 2.09 bits per heavy atom. The second kappa shape index (κ2) is 9.25. The fourth-order valence-electron chi connectivity index (χ4n) is 4.84. The number of aliphatic carboxylic acids is 1. The van der Waals surface area contributed by atoms with Gasteiger partial charge >= 0.3 is 12.1 Å². The van der Waals surface area contributed by atoms with E-state index < -0.39 is 23.9 Å². The van der Waals surface area contributed by atoms with Gasteiger partial charge in [0.05, 0.1) is 11.8 Å². The number of nitrogens with zero attached hydrogens (tertiary/aromatic N) is 1. The Kier molecular flexibility index (Phi) is 5.99. The van der Waals surface area contributed by atoms with E-state index >= 15 is 0 Å². The van der Waals surface area contributed by atoms with Crippen molar-refractivity contribution in [1.82, 2.24) is 4.90 Å². The minimum absolute atomic E-state index is 0.00961. The fraction of sp³-hybridized carbons (Fsp3) is 0.250. The molecule has 1 heterocycles. The molecule has 1 unspecified atom stereocenters. The van der Waals surface area contributed by atoms with Crippen LogP contribution in [0.2, 0.25) is 0 Å². The van der Waals surface area contributed by atoms with Crippen LogP contribution in [-0.4, -0.2) is 47.7 Å². The third kappa shape index (κ3) is 4.37. The van der Waals surface area contributed by atoms with Crippen LogP contribution in [0.5, 0.6) is 0 Å². The molecule has 7 heteroatoms. The summed E-state index contributed by atoms with van der Waals surface area (Å²) < 4.78 is 5.58. The number of ether oxygens (including phenoxy) is 1. The molecule has 7 nitrogen and oxygen atoms in total. The number of hydrogen-bond acceptors (Lipinski definition) is 4. The van der Waals surface area contributed by atoms with Gasteiger partial charge in [-0.3, -0.25) is 14.9 Å². The second-order valence-corrected chi connectivity index (χ2v) is 9.07. The Bertz CT molecular complexity index is 1240. The normalized spacial score (nSPS) is 15.5. The average Bonchev–Trinajstić information content (AvgIpc) is 3.15. The molecule has 1 atom stereocenters. The van der Waals surface area contributed by atoms with Crippen LogP contribution in [0.25, 0.3) is 11.1 Å². The molecule has 1 aliphatic carbocycles. The first-order valence-corrected chi connectivity index (χ1v) is 11.7. The molecule has 5 rings (SSSR count). The van der Waals surface area contributed by atoms with Gasteiger partial charge < -0.3 is 14.7 Å². The summed E-state index contributed by atoms with van der Waals surface area (Å²) in [6, 6.07) is 23.4. The molecular weight excluding hydrogens is 444 g/mol. The van der Waals surface area contributed by atoms with E-state index in [0.29, 0.717) is 5.69 Å². The van der Waals surface area contributed by atoms with Crippen molar-refractivity contribution in [1.29, 1.82) is 0 Å². The van der Waals surface area contributed by atoms with Crippen molar-refractivity contribution in [2.75, 3.05) is 25.0 Å². The number of hydrogen-bond donors (Lipinski definition) is 2. The topological polar surface area (TPSA) is 95.9 Å². The van der Waals surface area contributed by atoms with Crippen molar-refractivity contribution in [2.45, 2.75) is 18.8 Å². The first-order chi connectivity index (χ1) is 16.9. The van der Waals surface area contributed by atoms with Crippen LogP contribution in [0.1, 0.15) is 35.4 Å². The highest BCUT2D eigenvalue weighted by Crippen LogP contribution is 2.44. The summed E-state index contributed by atoms with van der Waals surface area (Å²) >= 11 is 0. The van der Waals surface area contributed by atoms with Gasteiger partial charge in [-0.05, 0) is 46.9 Å². The van der Waals surface area contributed by atoms with Gasteiger partial charge in [-0.1, -0.05) is 60.7 Å². The standard InChI is InChI=1S/C28H26N2O5/c1-17(26(31)30-14-19(15-30)27(32)33)18-10-12-20(13-11-18)29-28(34)35-16-25-23-8-4-2-6-21(23)22-7-3-5-9-24(22)25/h2-13,17,19,25H,14-16H2,1H3,(H,29,34)(H,32,33). The summed E-state index contributed by atoms with van der Waals surface area (Å²) in [5.74, 6) is -1.85. The molecule has 3 aromatic rings. The third-order valence-electron chi connectivity index (χ3n) is 6.91. The third-order valence-corrected chi connectivity index (χ3v) is 6.91. The van der Waals surface area contributed by atoms with Crippen molar-refractivity contribution in [3.05, 3.63) is 89.5 Å². The first kappa shape index (κ1) is 22.7. The lowest BCUT2D eigenvalue weighted by Crippen LogP contribution is -2.54. The van der Waals surface area contributed by atoms with Crippen LogP contribution in [0, 0.1) is 5.92 Å². The van der Waals surface area contributed by atoms with Crippen molar-refractivity contribution in [3.8, 4) is 11.1 Å². The summed E-state index contributed by atoms with van der Waals surface area (Å²) in [4.78, 5) is 37.6. The highest BCUT2D eigenvalue weighted by Gasteiger charge is 2.37. The van der Waals surface area contributed by atoms with Crippen molar-refractivity contribution in [3.63, 3.8) is 0 Å². The Morgan fingerprint density at radius 1 is 0.943 bits per heavy atom. The minimum Gasteiger partial charge on any atom is -0.481 e. The van der Waals surface area contributed by atoms with Gasteiger partial charge in [-0.15, -0.1) is 0 Å². The molecule has 178 valence electrons. The largest absolute Gasteiger partial charge is 0.481 e. The molecule has 1 aliphatic heterocycles. The van der Waals surface area contributed by atoms with Crippen LogP contribution in [-0.2, 0) is 14.3 Å². The minimum atomic E-state index is -0.870. The number of benzene rings is 3. The van der Waals surface area contributed by atoms with E-state index in [1.54, 1.807) is 36.1 Å². The Balaban J connectivity index is 1.17. The van der Waals surface area contributed by atoms with E-state index in [4.69, 9.17) is 9.84 Å². The van der Waals surface area contributed by atoms with Crippen LogP contribution in [0.3, 0.4) is 0 Å². The van der Waals surface area contributed by atoms with Gasteiger partial charge in [0.1, 0.15) is 6.61 Å². The van der Waals surface area contributed by atoms with Gasteiger partial charge in [-0.25, -0.2) is 4.79 Å². The fourth-order valence-corrected chi connectivity index (χ4v) is 4.84. The monoisotopic (exact) mass is 470 g/mol. The predicted octanol–water partition coefficient (Wildman–Crippen LogP) is 4.69. The molecule has 2 N–H and O–H groups in total. The molecule has 0 bridgehead atoms. The number of carboxylic acid groups (broad SMARTS) is 1. The molecule has 0 spiro atoms. The van der Waals surface area contributed by atoms with E-state index in [2.05, 4.69) is 29.6 Å². The zero-order chi connectivity index (χ0) is 24.5. The highest BCUT2D eigenvalue weighted by molar-refractivity contribution is 5.87. The number of likely N-dealkylation sites (tertiary alicyclic amines) is 1. The molecule has 1 fully saturated rings. The summed E-state index contributed by atoms with van der Waals surface area (Å²) in [5, 5.41) is 11.7. The highest BCUT2D eigenvalue weighted by atomic mass is 16.5. The smallest absolute Gasteiger partial charge is 0.411 e. The number of nitrogens with one attached hydrogen (secondary N) is 1. The zero-order valence-electron chi connectivity index (χ0n) is 19.3. The van der Waals surface area contributed by atoms with Crippen LogP contribution in [0.15, 0.2) is 72.8 Å². The van der Waals surface area contributed by atoms with Gasteiger partial charge in [0, 0.05) is 24.7 Å². The summed E-state index contributed by atoms with van der Waals surface area (Å²) in [6.45, 7) is 2.53. The van der Waals surface area contributed by atoms with E-state index in [1.165, 1.54) is 11.1 Å². The van der Waals surface area contributed by atoms with Crippen molar-refractivity contribution in [2.24, 2.45) is 5.92 Å². The Hall–Kier alpha value is -4.13. The lowest BCUT2D eigenvalue weighted by atomic mass is 9.94. The summed E-state index contributed by atoms with van der Waals surface area (Å²) in [5.41, 5.74) is 6.02. The Labute approximate surface area is 203 Å². The lowest BCUT2D eigenvalue weighted by Gasteiger charge is -2.38. The number of anilines is 1. The number of carboxylic acids is 1. The SMILES string of the molecule is CC(C(=O)N1CC(C(=O)O)C1)c1ccc(NC(=O)OCC2c3ccccc3-c3ccccc32)cc1.